The van der Waals surface area contributed by atoms with Gasteiger partial charge >= 0.3 is 0 Å². The Morgan fingerprint density at radius 2 is 2.07 bits per heavy atom. The summed E-state index contributed by atoms with van der Waals surface area (Å²) in [5, 5.41) is 0. The lowest BCUT2D eigenvalue weighted by molar-refractivity contribution is -0.134. The summed E-state index contributed by atoms with van der Waals surface area (Å²) in [5.74, 6) is 1.61. The number of nitrogens with zero attached hydrogens (tertiary/aromatic N) is 1. The molecule has 3 nitrogen and oxygen atoms in total. The molecule has 0 aromatic carbocycles. The Kier molecular flexibility index (Phi) is 4.14. The van der Waals surface area contributed by atoms with Gasteiger partial charge in [-0.3, -0.25) is 4.79 Å². The average molecular weight is 212 g/mol. The zero-order valence-electron chi connectivity index (χ0n) is 10.4. The lowest BCUT2D eigenvalue weighted by Gasteiger charge is -2.29. The number of rotatable bonds is 5. The Labute approximate surface area is 93.0 Å². The minimum atomic E-state index is -0.318. The van der Waals surface area contributed by atoms with Gasteiger partial charge in [0.2, 0.25) is 5.91 Å². The van der Waals surface area contributed by atoms with Gasteiger partial charge < -0.3 is 10.6 Å². The summed E-state index contributed by atoms with van der Waals surface area (Å²) in [4.78, 5) is 13.9. The highest BCUT2D eigenvalue weighted by atomic mass is 16.2. The van der Waals surface area contributed by atoms with E-state index in [1.54, 1.807) is 0 Å². The summed E-state index contributed by atoms with van der Waals surface area (Å²) < 4.78 is 0. The van der Waals surface area contributed by atoms with Crippen LogP contribution < -0.4 is 5.73 Å². The van der Waals surface area contributed by atoms with Crippen molar-refractivity contribution in [2.24, 2.45) is 17.6 Å². The van der Waals surface area contributed by atoms with Crippen LogP contribution in [0.25, 0.3) is 0 Å². The van der Waals surface area contributed by atoms with E-state index in [1.165, 1.54) is 6.42 Å². The molecule has 1 rings (SSSR count). The lowest BCUT2D eigenvalue weighted by Crippen LogP contribution is -2.47. The predicted molar refractivity (Wildman–Crippen MR) is 62.4 cm³/mol. The monoisotopic (exact) mass is 212 g/mol. The fourth-order valence-electron chi connectivity index (χ4n) is 1.85. The second-order valence-corrected chi connectivity index (χ2v) is 5.07. The summed E-state index contributed by atoms with van der Waals surface area (Å²) in [7, 11) is 0. The standard InChI is InChI=1S/C12H24N2O/c1-5-11(13)12(15)14(8(2)3)7-10-6-9(10)4/h8-11H,5-7,13H2,1-4H3/t9-,10+,11-/m0/s1. The largest absolute Gasteiger partial charge is 0.339 e. The van der Waals surface area contributed by atoms with Gasteiger partial charge in [-0.2, -0.15) is 0 Å². The molecule has 0 bridgehead atoms. The molecular formula is C12H24N2O. The number of nitrogens with two attached hydrogens (primary N) is 1. The first kappa shape index (κ1) is 12.5. The molecule has 2 N–H and O–H groups in total. The van der Waals surface area contributed by atoms with E-state index in [2.05, 4.69) is 20.8 Å². The molecule has 1 aliphatic rings. The minimum absolute atomic E-state index is 0.117. The van der Waals surface area contributed by atoms with Crippen LogP contribution in [0, 0.1) is 11.8 Å². The molecule has 0 saturated heterocycles. The van der Waals surface area contributed by atoms with Crippen LogP contribution in [0.4, 0.5) is 0 Å². The molecule has 1 aliphatic carbocycles. The SMILES string of the molecule is CC[C@H](N)C(=O)N(C[C@H]1C[C@@H]1C)C(C)C. The van der Waals surface area contributed by atoms with E-state index in [9.17, 15) is 4.79 Å². The fourth-order valence-corrected chi connectivity index (χ4v) is 1.85. The van der Waals surface area contributed by atoms with Gasteiger partial charge in [0.25, 0.3) is 0 Å². The molecule has 1 amide bonds. The summed E-state index contributed by atoms with van der Waals surface area (Å²) in [5.41, 5.74) is 5.79. The highest BCUT2D eigenvalue weighted by Crippen LogP contribution is 2.38. The van der Waals surface area contributed by atoms with E-state index >= 15 is 0 Å². The Bertz CT molecular complexity index is 228. The summed E-state index contributed by atoms with van der Waals surface area (Å²) in [6.07, 6.45) is 1.99. The van der Waals surface area contributed by atoms with E-state index < -0.39 is 0 Å². The molecule has 1 saturated carbocycles. The maximum atomic E-state index is 12.0. The molecule has 0 unspecified atom stereocenters. The van der Waals surface area contributed by atoms with Crippen molar-refractivity contribution in [3.63, 3.8) is 0 Å². The summed E-state index contributed by atoms with van der Waals surface area (Å²) in [6.45, 7) is 9.22. The number of carbonyl (C=O) groups is 1. The molecule has 3 heteroatoms. The molecule has 0 aromatic heterocycles. The third-order valence-electron chi connectivity index (χ3n) is 3.37. The first-order chi connectivity index (χ1) is 6.97. The van der Waals surface area contributed by atoms with Gasteiger partial charge in [0, 0.05) is 12.6 Å². The number of hydrogen-bond donors (Lipinski definition) is 1. The molecule has 0 spiro atoms. The number of hydrogen-bond acceptors (Lipinski definition) is 2. The van der Waals surface area contributed by atoms with E-state index in [1.807, 2.05) is 11.8 Å². The summed E-state index contributed by atoms with van der Waals surface area (Å²) >= 11 is 0. The molecule has 0 aromatic rings. The number of carbonyl (C=O) groups excluding carboxylic acids is 1. The molecule has 0 heterocycles. The zero-order valence-corrected chi connectivity index (χ0v) is 10.4. The van der Waals surface area contributed by atoms with Gasteiger partial charge in [-0.05, 0) is 38.5 Å². The van der Waals surface area contributed by atoms with Crippen molar-refractivity contribution in [2.45, 2.75) is 52.6 Å². The van der Waals surface area contributed by atoms with Gasteiger partial charge in [0.05, 0.1) is 6.04 Å². The van der Waals surface area contributed by atoms with Gasteiger partial charge in [0.15, 0.2) is 0 Å². The van der Waals surface area contributed by atoms with Crippen LogP contribution in [-0.4, -0.2) is 29.4 Å². The van der Waals surface area contributed by atoms with Crippen molar-refractivity contribution >= 4 is 5.91 Å². The molecule has 3 atom stereocenters. The van der Waals surface area contributed by atoms with Crippen molar-refractivity contribution in [1.29, 1.82) is 0 Å². The van der Waals surface area contributed by atoms with Gasteiger partial charge in [-0.1, -0.05) is 13.8 Å². The fraction of sp³-hybridized carbons (Fsp3) is 0.917. The normalized spacial score (nSPS) is 26.5. The van der Waals surface area contributed by atoms with Crippen molar-refractivity contribution in [1.82, 2.24) is 4.90 Å². The molecule has 0 aliphatic heterocycles. The Hall–Kier alpha value is -0.570. The van der Waals surface area contributed by atoms with Gasteiger partial charge in [-0.15, -0.1) is 0 Å². The predicted octanol–water partition coefficient (Wildman–Crippen LogP) is 1.62. The van der Waals surface area contributed by atoms with Crippen LogP contribution in [0.5, 0.6) is 0 Å². The molecule has 1 fully saturated rings. The third kappa shape index (κ3) is 3.20. The first-order valence-corrected chi connectivity index (χ1v) is 6.03. The van der Waals surface area contributed by atoms with Gasteiger partial charge in [0.1, 0.15) is 0 Å². The zero-order chi connectivity index (χ0) is 11.6. The van der Waals surface area contributed by atoms with E-state index in [-0.39, 0.29) is 18.0 Å². The Morgan fingerprint density at radius 3 is 2.40 bits per heavy atom. The van der Waals surface area contributed by atoms with Crippen LogP contribution in [0.2, 0.25) is 0 Å². The molecule has 88 valence electrons. The third-order valence-corrected chi connectivity index (χ3v) is 3.37. The molecule has 15 heavy (non-hydrogen) atoms. The number of amides is 1. The molecular weight excluding hydrogens is 188 g/mol. The van der Waals surface area contributed by atoms with Crippen LogP contribution in [-0.2, 0) is 4.79 Å². The second kappa shape index (κ2) is 4.97. The first-order valence-electron chi connectivity index (χ1n) is 6.03. The summed E-state index contributed by atoms with van der Waals surface area (Å²) in [6, 6.07) is -0.0515. The highest BCUT2D eigenvalue weighted by molar-refractivity contribution is 5.81. The maximum Gasteiger partial charge on any atom is 0.239 e. The second-order valence-electron chi connectivity index (χ2n) is 5.07. The molecule has 0 radical (unpaired) electrons. The van der Waals surface area contributed by atoms with E-state index in [0.717, 1.165) is 18.9 Å². The highest BCUT2D eigenvalue weighted by Gasteiger charge is 2.36. The topological polar surface area (TPSA) is 46.3 Å². The van der Waals surface area contributed by atoms with E-state index in [0.29, 0.717) is 5.92 Å². The quantitative estimate of drug-likeness (QED) is 0.752. The minimum Gasteiger partial charge on any atom is -0.339 e. The van der Waals surface area contributed by atoms with Crippen molar-refractivity contribution in [2.75, 3.05) is 6.54 Å². The Balaban J connectivity index is 2.53. The van der Waals surface area contributed by atoms with Crippen LogP contribution in [0.3, 0.4) is 0 Å². The Morgan fingerprint density at radius 1 is 1.53 bits per heavy atom. The van der Waals surface area contributed by atoms with Gasteiger partial charge in [-0.25, -0.2) is 0 Å². The van der Waals surface area contributed by atoms with Crippen molar-refractivity contribution in [3.8, 4) is 0 Å². The van der Waals surface area contributed by atoms with Crippen LogP contribution in [0.1, 0.15) is 40.5 Å². The maximum absolute atomic E-state index is 12.0. The smallest absolute Gasteiger partial charge is 0.239 e. The average Bonchev–Trinajstić information content (AvgIpc) is 2.88. The van der Waals surface area contributed by atoms with Crippen LogP contribution >= 0.6 is 0 Å². The van der Waals surface area contributed by atoms with Crippen LogP contribution in [0.15, 0.2) is 0 Å². The van der Waals surface area contributed by atoms with Crippen molar-refractivity contribution in [3.05, 3.63) is 0 Å². The van der Waals surface area contributed by atoms with Crippen molar-refractivity contribution < 1.29 is 4.79 Å². The lowest BCUT2D eigenvalue weighted by atomic mass is 10.1. The van der Waals surface area contributed by atoms with E-state index in [4.69, 9.17) is 5.73 Å².